The molecule has 1 atom stereocenters. The van der Waals surface area contributed by atoms with Crippen LogP contribution in [0.4, 0.5) is 0 Å². The van der Waals surface area contributed by atoms with Crippen molar-refractivity contribution < 1.29 is 32.2 Å². The summed E-state index contributed by atoms with van der Waals surface area (Å²) in [4.78, 5) is 31.5. The lowest BCUT2D eigenvalue weighted by molar-refractivity contribution is -0.142. The van der Waals surface area contributed by atoms with Crippen molar-refractivity contribution in [3.05, 3.63) is 63.8 Å². The third kappa shape index (κ3) is 5.96. The lowest BCUT2D eigenvalue weighted by atomic mass is 9.88. The zero-order chi connectivity index (χ0) is 31.1. The number of aryl methyl sites for hydroxylation is 1. The standard InChI is InChI=1S/C29H34N4O8S2/c1-17-22-23(34)25(29(2,3)28(35)36)31-33(27(22)42-24(17)26-30-12-15-40-26)16-21(19-8-6-7-9-20(19)39-4)41-18-10-13-32(14-11-18)43(5,37)38/h6-9,12,15,18,21H,10-11,13-14,16H2,1-5H3,(H,35,36)/t21-/m0/s1. The molecule has 0 bridgehead atoms. The lowest BCUT2D eigenvalue weighted by Gasteiger charge is -2.33. The molecular formula is C29H34N4O8S2. The van der Waals surface area contributed by atoms with Crippen LogP contribution < -0.4 is 10.2 Å². The number of ether oxygens (including phenoxy) is 2. The molecule has 0 unspecified atom stereocenters. The number of aromatic nitrogens is 3. The normalized spacial score (nSPS) is 16.0. The van der Waals surface area contributed by atoms with Gasteiger partial charge in [-0.05, 0) is 45.2 Å². The summed E-state index contributed by atoms with van der Waals surface area (Å²) in [5.41, 5.74) is -0.789. The minimum Gasteiger partial charge on any atom is -0.496 e. The number of oxazole rings is 1. The van der Waals surface area contributed by atoms with Crippen LogP contribution in [0.25, 0.3) is 21.0 Å². The Balaban J connectivity index is 1.64. The van der Waals surface area contributed by atoms with Crippen molar-refractivity contribution in [2.24, 2.45) is 0 Å². The number of hydrogen-bond donors (Lipinski definition) is 1. The van der Waals surface area contributed by atoms with E-state index in [0.717, 1.165) is 5.56 Å². The van der Waals surface area contributed by atoms with E-state index in [9.17, 15) is 23.1 Å². The Morgan fingerprint density at radius 2 is 1.95 bits per heavy atom. The molecule has 3 aromatic heterocycles. The van der Waals surface area contributed by atoms with E-state index in [1.54, 1.807) is 18.7 Å². The molecule has 1 aliphatic heterocycles. The van der Waals surface area contributed by atoms with E-state index in [1.165, 1.54) is 48.2 Å². The van der Waals surface area contributed by atoms with Gasteiger partial charge in [-0.15, -0.1) is 11.3 Å². The molecule has 0 aliphatic carbocycles. The van der Waals surface area contributed by atoms with E-state index in [0.29, 0.717) is 58.2 Å². The molecule has 1 aliphatic rings. The number of carboxylic acids is 1. The van der Waals surface area contributed by atoms with E-state index in [-0.39, 0.29) is 18.3 Å². The first-order valence-corrected chi connectivity index (χ1v) is 16.4. The summed E-state index contributed by atoms with van der Waals surface area (Å²) in [6.07, 6.45) is 4.27. The van der Waals surface area contributed by atoms with Crippen molar-refractivity contribution in [3.8, 4) is 16.5 Å². The number of rotatable bonds is 10. The summed E-state index contributed by atoms with van der Waals surface area (Å²) in [7, 11) is -1.74. The van der Waals surface area contributed by atoms with Crippen LogP contribution in [0.3, 0.4) is 0 Å². The Labute approximate surface area is 252 Å². The van der Waals surface area contributed by atoms with Crippen LogP contribution in [-0.4, -0.2) is 71.1 Å². The highest BCUT2D eigenvalue weighted by atomic mass is 32.2. The van der Waals surface area contributed by atoms with Crippen molar-refractivity contribution in [1.29, 1.82) is 0 Å². The second-order valence-corrected chi connectivity index (χ2v) is 14.1. The zero-order valence-electron chi connectivity index (χ0n) is 24.6. The molecule has 1 saturated heterocycles. The molecule has 0 amide bonds. The highest BCUT2D eigenvalue weighted by molar-refractivity contribution is 7.88. The number of fused-ring (bicyclic) bond motifs is 1. The maximum atomic E-state index is 13.8. The number of benzene rings is 1. The smallest absolute Gasteiger partial charge is 0.315 e. The molecule has 5 rings (SSSR count). The second-order valence-electron chi connectivity index (χ2n) is 11.1. The average Bonchev–Trinajstić information content (AvgIpc) is 3.62. The molecule has 0 saturated carbocycles. The second kappa shape index (κ2) is 11.8. The predicted molar refractivity (Wildman–Crippen MR) is 161 cm³/mol. The molecule has 1 fully saturated rings. The topological polar surface area (TPSA) is 154 Å². The van der Waals surface area contributed by atoms with Gasteiger partial charge in [0.25, 0.3) is 0 Å². The quantitative estimate of drug-likeness (QED) is 0.272. The summed E-state index contributed by atoms with van der Waals surface area (Å²) < 4.78 is 45.1. The summed E-state index contributed by atoms with van der Waals surface area (Å²) in [6, 6.07) is 7.42. The zero-order valence-corrected chi connectivity index (χ0v) is 26.2. The number of nitrogens with zero attached hydrogens (tertiary/aromatic N) is 4. The van der Waals surface area contributed by atoms with Gasteiger partial charge in [-0.2, -0.15) is 5.10 Å². The molecule has 1 aromatic carbocycles. The largest absolute Gasteiger partial charge is 0.496 e. The molecule has 4 aromatic rings. The molecule has 14 heteroatoms. The van der Waals surface area contributed by atoms with Gasteiger partial charge in [0.15, 0.2) is 0 Å². The fourth-order valence-electron chi connectivity index (χ4n) is 5.29. The molecular weight excluding hydrogens is 596 g/mol. The van der Waals surface area contributed by atoms with Gasteiger partial charge in [0, 0.05) is 18.7 Å². The van der Waals surface area contributed by atoms with Crippen molar-refractivity contribution in [2.45, 2.75) is 57.8 Å². The number of carbonyl (C=O) groups is 1. The van der Waals surface area contributed by atoms with E-state index >= 15 is 0 Å². The lowest BCUT2D eigenvalue weighted by Crippen LogP contribution is -2.41. The fourth-order valence-corrected chi connectivity index (χ4v) is 7.37. The molecule has 43 heavy (non-hydrogen) atoms. The van der Waals surface area contributed by atoms with Gasteiger partial charge in [-0.1, -0.05) is 18.2 Å². The van der Waals surface area contributed by atoms with Gasteiger partial charge in [-0.25, -0.2) is 17.7 Å². The molecule has 4 heterocycles. The molecule has 12 nitrogen and oxygen atoms in total. The number of thiophene rings is 1. The summed E-state index contributed by atoms with van der Waals surface area (Å²) in [6.45, 7) is 5.49. The minimum absolute atomic E-state index is 0.104. The summed E-state index contributed by atoms with van der Waals surface area (Å²) in [5, 5.41) is 15.0. The van der Waals surface area contributed by atoms with Crippen LogP contribution in [0.5, 0.6) is 5.75 Å². The molecule has 0 spiro atoms. The van der Waals surface area contributed by atoms with E-state index in [1.807, 2.05) is 24.3 Å². The van der Waals surface area contributed by atoms with Crippen LogP contribution in [-0.2, 0) is 31.5 Å². The summed E-state index contributed by atoms with van der Waals surface area (Å²) in [5.74, 6) is -0.245. The Bertz CT molecular complexity index is 1800. The van der Waals surface area contributed by atoms with Gasteiger partial charge >= 0.3 is 5.97 Å². The summed E-state index contributed by atoms with van der Waals surface area (Å²) >= 11 is 1.28. The molecule has 230 valence electrons. The van der Waals surface area contributed by atoms with Gasteiger partial charge in [0.1, 0.15) is 34.1 Å². The van der Waals surface area contributed by atoms with Crippen LogP contribution in [0.2, 0.25) is 0 Å². The number of aliphatic carboxylic acids is 1. The SMILES string of the molecule is COc1ccccc1[C@H](Cn1nc(C(C)(C)C(=O)O)c(=O)c2c(C)c(-c3ncco3)sc21)OC1CCN(S(C)(=O)=O)CC1. The third-order valence-corrected chi connectivity index (χ3v) is 10.4. The number of para-hydroxylation sites is 1. The first-order chi connectivity index (χ1) is 20.3. The van der Waals surface area contributed by atoms with Gasteiger partial charge < -0.3 is 19.0 Å². The van der Waals surface area contributed by atoms with Crippen LogP contribution in [0.1, 0.15) is 49.6 Å². The number of piperidine rings is 1. The minimum atomic E-state index is -3.31. The Hall–Kier alpha value is -3.59. The number of carboxylic acid groups (broad SMARTS) is 1. The first-order valence-electron chi connectivity index (χ1n) is 13.7. The fraction of sp³-hybridized carbons (Fsp3) is 0.448. The van der Waals surface area contributed by atoms with Crippen molar-refractivity contribution in [3.63, 3.8) is 0 Å². The molecule has 1 N–H and O–H groups in total. The monoisotopic (exact) mass is 630 g/mol. The maximum absolute atomic E-state index is 13.8. The molecule has 0 radical (unpaired) electrons. The third-order valence-electron chi connectivity index (χ3n) is 7.83. The van der Waals surface area contributed by atoms with E-state index in [4.69, 9.17) is 13.9 Å². The van der Waals surface area contributed by atoms with Crippen LogP contribution in [0.15, 0.2) is 45.9 Å². The predicted octanol–water partition coefficient (Wildman–Crippen LogP) is 3.97. The Morgan fingerprint density at radius 1 is 1.26 bits per heavy atom. The highest BCUT2D eigenvalue weighted by Gasteiger charge is 2.37. The highest BCUT2D eigenvalue weighted by Crippen LogP contribution is 2.38. The van der Waals surface area contributed by atoms with Crippen molar-refractivity contribution in [2.75, 3.05) is 26.5 Å². The maximum Gasteiger partial charge on any atom is 0.315 e. The van der Waals surface area contributed by atoms with E-state index in [2.05, 4.69) is 10.1 Å². The average molecular weight is 631 g/mol. The number of methoxy groups -OCH3 is 1. The van der Waals surface area contributed by atoms with Gasteiger partial charge in [0.2, 0.25) is 21.3 Å². The van der Waals surface area contributed by atoms with E-state index < -0.39 is 32.9 Å². The number of sulfonamides is 1. The Morgan fingerprint density at radius 3 is 2.56 bits per heavy atom. The van der Waals surface area contributed by atoms with Crippen LogP contribution in [0, 0.1) is 6.92 Å². The van der Waals surface area contributed by atoms with Crippen molar-refractivity contribution in [1.82, 2.24) is 19.1 Å². The van der Waals surface area contributed by atoms with Gasteiger partial charge in [0.05, 0.1) is 42.5 Å². The van der Waals surface area contributed by atoms with Crippen LogP contribution >= 0.6 is 11.3 Å². The first kappa shape index (κ1) is 30.9. The van der Waals surface area contributed by atoms with Gasteiger partial charge in [-0.3, -0.25) is 14.3 Å². The van der Waals surface area contributed by atoms with Crippen molar-refractivity contribution >= 4 is 37.5 Å². The number of hydrogen-bond acceptors (Lipinski definition) is 10. The Kier molecular flexibility index (Phi) is 8.49.